The summed E-state index contributed by atoms with van der Waals surface area (Å²) >= 11 is 0. The number of aliphatic carboxylic acids is 1. The molecule has 3 rings (SSSR count). The van der Waals surface area contributed by atoms with Gasteiger partial charge in [-0.1, -0.05) is 30.3 Å². The third kappa shape index (κ3) is 8.28. The SMILES string of the molecule is CC(N)C(=O)NC(Cc1cnc[nH]1)C(=O)NC(Cc1ccccc1)C(=O)NC(Cc1cnc[nH]1)C(=O)O. The number of hydrogen-bond acceptors (Lipinski definition) is 7. The lowest BCUT2D eigenvalue weighted by Gasteiger charge is -2.25. The van der Waals surface area contributed by atoms with Crippen molar-refractivity contribution in [2.75, 3.05) is 0 Å². The number of H-pyrrole nitrogens is 2. The molecule has 0 spiro atoms. The molecular weight excluding hydrogens is 480 g/mol. The second-order valence-corrected chi connectivity index (χ2v) is 8.56. The zero-order valence-electron chi connectivity index (χ0n) is 20.2. The third-order valence-electron chi connectivity index (χ3n) is 5.53. The molecule has 0 fully saturated rings. The molecule has 0 aliphatic rings. The van der Waals surface area contributed by atoms with Crippen LogP contribution in [0, 0.1) is 0 Å². The Bertz CT molecular complexity index is 1170. The van der Waals surface area contributed by atoms with Gasteiger partial charge >= 0.3 is 5.97 Å². The zero-order valence-corrected chi connectivity index (χ0v) is 20.2. The van der Waals surface area contributed by atoms with E-state index in [0.29, 0.717) is 11.4 Å². The van der Waals surface area contributed by atoms with Crippen LogP contribution in [-0.2, 0) is 38.4 Å². The predicted molar refractivity (Wildman–Crippen MR) is 132 cm³/mol. The van der Waals surface area contributed by atoms with Crippen LogP contribution in [-0.4, -0.2) is 72.9 Å². The Morgan fingerprint density at radius 1 is 0.811 bits per heavy atom. The lowest BCUT2D eigenvalue weighted by Crippen LogP contribution is -2.58. The number of carbonyl (C=O) groups excluding carboxylic acids is 3. The van der Waals surface area contributed by atoms with E-state index < -0.39 is 47.9 Å². The maximum atomic E-state index is 13.3. The number of amides is 3. The Morgan fingerprint density at radius 2 is 1.30 bits per heavy atom. The number of hydrogen-bond donors (Lipinski definition) is 7. The van der Waals surface area contributed by atoms with Crippen molar-refractivity contribution in [3.63, 3.8) is 0 Å². The minimum Gasteiger partial charge on any atom is -0.480 e. The Balaban J connectivity index is 1.80. The van der Waals surface area contributed by atoms with E-state index in [2.05, 4.69) is 35.9 Å². The third-order valence-corrected chi connectivity index (χ3v) is 5.53. The first kappa shape index (κ1) is 27.1. The number of benzene rings is 1. The van der Waals surface area contributed by atoms with Gasteiger partial charge in [-0.3, -0.25) is 14.4 Å². The smallest absolute Gasteiger partial charge is 0.326 e. The van der Waals surface area contributed by atoms with Crippen LogP contribution in [0.3, 0.4) is 0 Å². The molecule has 2 aromatic heterocycles. The molecule has 0 aliphatic carbocycles. The van der Waals surface area contributed by atoms with Crippen LogP contribution in [0.25, 0.3) is 0 Å². The van der Waals surface area contributed by atoms with E-state index in [-0.39, 0.29) is 19.3 Å². The molecule has 0 aliphatic heterocycles. The second-order valence-electron chi connectivity index (χ2n) is 8.56. The molecule has 13 heteroatoms. The highest BCUT2D eigenvalue weighted by atomic mass is 16.4. The van der Waals surface area contributed by atoms with Gasteiger partial charge in [0, 0.05) is 43.0 Å². The number of carboxylic acids is 1. The summed E-state index contributed by atoms with van der Waals surface area (Å²) in [6.07, 6.45) is 5.96. The van der Waals surface area contributed by atoms with Gasteiger partial charge in [-0.2, -0.15) is 0 Å². The number of rotatable bonds is 13. The quantitative estimate of drug-likeness (QED) is 0.152. The highest BCUT2D eigenvalue weighted by Gasteiger charge is 2.30. The van der Waals surface area contributed by atoms with Gasteiger partial charge < -0.3 is 36.8 Å². The fraction of sp³-hybridized carbons (Fsp3) is 0.333. The van der Waals surface area contributed by atoms with E-state index in [4.69, 9.17) is 5.73 Å². The monoisotopic (exact) mass is 510 g/mol. The van der Waals surface area contributed by atoms with E-state index >= 15 is 0 Å². The molecule has 3 amide bonds. The van der Waals surface area contributed by atoms with Crippen LogP contribution in [0.4, 0.5) is 0 Å². The molecule has 0 saturated heterocycles. The van der Waals surface area contributed by atoms with Crippen molar-refractivity contribution >= 4 is 23.7 Å². The average Bonchev–Trinajstić information content (AvgIpc) is 3.57. The number of carbonyl (C=O) groups is 4. The first-order valence-electron chi connectivity index (χ1n) is 11.6. The standard InChI is InChI=1S/C24H30N8O5/c1-14(25)21(33)30-19(8-16-10-26-12-28-16)23(35)31-18(7-15-5-3-2-4-6-15)22(34)32-20(24(36)37)9-17-11-27-13-29-17/h2-6,10-14,18-20H,7-9,25H2,1H3,(H,26,28)(H,27,29)(H,30,33)(H,31,35)(H,32,34)(H,36,37). The summed E-state index contributed by atoms with van der Waals surface area (Å²) < 4.78 is 0. The van der Waals surface area contributed by atoms with Gasteiger partial charge in [-0.05, 0) is 12.5 Å². The molecule has 3 aromatic rings. The Labute approximate surface area is 212 Å². The molecular formula is C24H30N8O5. The average molecular weight is 511 g/mol. The highest BCUT2D eigenvalue weighted by molar-refractivity contribution is 5.94. The Hall–Kier alpha value is -4.52. The van der Waals surface area contributed by atoms with Crippen LogP contribution < -0.4 is 21.7 Å². The molecule has 4 atom stereocenters. The molecule has 13 nitrogen and oxygen atoms in total. The first-order valence-corrected chi connectivity index (χ1v) is 11.6. The number of aromatic amines is 2. The van der Waals surface area contributed by atoms with Crippen molar-refractivity contribution < 1.29 is 24.3 Å². The summed E-state index contributed by atoms with van der Waals surface area (Å²) in [5.41, 5.74) is 7.51. The maximum Gasteiger partial charge on any atom is 0.326 e. The lowest BCUT2D eigenvalue weighted by molar-refractivity contribution is -0.142. The van der Waals surface area contributed by atoms with Gasteiger partial charge in [0.25, 0.3) is 0 Å². The zero-order chi connectivity index (χ0) is 26.8. The van der Waals surface area contributed by atoms with Crippen LogP contribution in [0.2, 0.25) is 0 Å². The molecule has 1 aromatic carbocycles. The van der Waals surface area contributed by atoms with Crippen molar-refractivity contribution in [2.45, 2.75) is 50.4 Å². The van der Waals surface area contributed by atoms with Crippen molar-refractivity contribution in [2.24, 2.45) is 5.73 Å². The molecule has 37 heavy (non-hydrogen) atoms. The molecule has 8 N–H and O–H groups in total. The van der Waals surface area contributed by atoms with E-state index in [1.165, 1.54) is 32.0 Å². The van der Waals surface area contributed by atoms with Gasteiger partial charge in [0.15, 0.2) is 0 Å². The van der Waals surface area contributed by atoms with E-state index in [1.807, 2.05) is 6.07 Å². The van der Waals surface area contributed by atoms with Gasteiger partial charge in [-0.15, -0.1) is 0 Å². The first-order chi connectivity index (χ1) is 17.7. The number of nitrogens with one attached hydrogen (secondary N) is 5. The van der Waals surface area contributed by atoms with E-state index in [0.717, 1.165) is 5.56 Å². The predicted octanol–water partition coefficient (Wildman–Crippen LogP) is -0.953. The number of imidazole rings is 2. The molecule has 0 radical (unpaired) electrons. The maximum absolute atomic E-state index is 13.3. The van der Waals surface area contributed by atoms with Gasteiger partial charge in [0.05, 0.1) is 18.7 Å². The van der Waals surface area contributed by atoms with Crippen LogP contribution in [0.5, 0.6) is 0 Å². The largest absolute Gasteiger partial charge is 0.480 e. The molecule has 196 valence electrons. The summed E-state index contributed by atoms with van der Waals surface area (Å²) in [5, 5.41) is 17.4. The number of carboxylic acid groups (broad SMARTS) is 1. The minimum atomic E-state index is -1.26. The summed E-state index contributed by atoms with van der Waals surface area (Å²) in [7, 11) is 0. The van der Waals surface area contributed by atoms with Crippen molar-refractivity contribution in [1.82, 2.24) is 35.9 Å². The normalized spacial score (nSPS) is 14.1. The van der Waals surface area contributed by atoms with Crippen LogP contribution in [0.1, 0.15) is 23.9 Å². The topological polar surface area (TPSA) is 208 Å². The molecule has 2 heterocycles. The van der Waals surface area contributed by atoms with Crippen molar-refractivity contribution in [3.8, 4) is 0 Å². The van der Waals surface area contributed by atoms with Crippen molar-refractivity contribution in [1.29, 1.82) is 0 Å². The summed E-state index contributed by atoms with van der Waals surface area (Å²) in [5.74, 6) is -3.12. The van der Waals surface area contributed by atoms with Crippen LogP contribution >= 0.6 is 0 Å². The number of aromatic nitrogens is 4. The van der Waals surface area contributed by atoms with E-state index in [9.17, 15) is 24.3 Å². The number of nitrogens with zero attached hydrogens (tertiary/aromatic N) is 2. The summed E-state index contributed by atoms with van der Waals surface area (Å²) in [6.45, 7) is 1.48. The fourth-order valence-corrected chi connectivity index (χ4v) is 3.55. The fourth-order valence-electron chi connectivity index (χ4n) is 3.55. The van der Waals surface area contributed by atoms with Gasteiger partial charge in [-0.25, -0.2) is 14.8 Å². The van der Waals surface area contributed by atoms with E-state index in [1.54, 1.807) is 24.3 Å². The summed E-state index contributed by atoms with van der Waals surface area (Å²) in [6, 6.07) is 4.63. The van der Waals surface area contributed by atoms with Crippen LogP contribution in [0.15, 0.2) is 55.4 Å². The Kier molecular flexibility index (Phi) is 9.49. The Morgan fingerprint density at radius 3 is 1.78 bits per heavy atom. The second kappa shape index (κ2) is 13.0. The van der Waals surface area contributed by atoms with Gasteiger partial charge in [0.1, 0.15) is 18.1 Å². The highest BCUT2D eigenvalue weighted by Crippen LogP contribution is 2.07. The molecule has 4 unspecified atom stereocenters. The minimum absolute atomic E-state index is 0.0278. The van der Waals surface area contributed by atoms with Gasteiger partial charge in [0.2, 0.25) is 17.7 Å². The number of nitrogens with two attached hydrogens (primary N) is 1. The van der Waals surface area contributed by atoms with Crippen molar-refractivity contribution in [3.05, 3.63) is 72.3 Å². The molecule has 0 bridgehead atoms. The summed E-state index contributed by atoms with van der Waals surface area (Å²) in [4.78, 5) is 64.1. The molecule has 0 saturated carbocycles. The lowest BCUT2D eigenvalue weighted by atomic mass is 10.0.